The molecule has 0 spiro atoms. The van der Waals surface area contributed by atoms with Crippen LogP contribution in [0.3, 0.4) is 0 Å². The Balaban J connectivity index is 1.45. The maximum absolute atomic E-state index is 13.2. The summed E-state index contributed by atoms with van der Waals surface area (Å²) < 4.78 is 0. The van der Waals surface area contributed by atoms with Gasteiger partial charge in [0.1, 0.15) is 0 Å². The van der Waals surface area contributed by atoms with E-state index in [-0.39, 0.29) is 17.7 Å². The summed E-state index contributed by atoms with van der Waals surface area (Å²) in [5.41, 5.74) is 1.46. The van der Waals surface area contributed by atoms with Crippen molar-refractivity contribution in [3.8, 4) is 0 Å². The monoisotopic (exact) mass is 548 g/mol. The van der Waals surface area contributed by atoms with Gasteiger partial charge in [0, 0.05) is 67.2 Å². The number of amides is 3. The third kappa shape index (κ3) is 6.85. The van der Waals surface area contributed by atoms with Gasteiger partial charge in [0.2, 0.25) is 5.91 Å². The van der Waals surface area contributed by atoms with Crippen molar-refractivity contribution in [2.45, 2.75) is 50.5 Å². The first kappa shape index (κ1) is 27.5. The molecule has 0 bridgehead atoms. The number of rotatable bonds is 7. The number of carbonyl (C=O) groups is 3. The number of carbonyl (C=O) groups excluding carboxylic acids is 3. The number of halogens is 1. The van der Waals surface area contributed by atoms with Crippen molar-refractivity contribution in [1.82, 2.24) is 25.4 Å². The Kier molecular flexibility index (Phi) is 8.81. The van der Waals surface area contributed by atoms with Gasteiger partial charge in [0.15, 0.2) is 11.2 Å². The molecule has 12 heteroatoms. The second-order valence-corrected chi connectivity index (χ2v) is 11.4. The molecule has 2 aromatic rings. The maximum atomic E-state index is 13.2. The molecule has 10 nitrogen and oxygen atoms in total. The molecule has 1 aromatic carbocycles. The summed E-state index contributed by atoms with van der Waals surface area (Å²) in [5, 5.41) is 20.2. The molecule has 200 valence electrons. The van der Waals surface area contributed by atoms with Crippen LogP contribution in [-0.2, 0) is 22.6 Å². The van der Waals surface area contributed by atoms with Crippen molar-refractivity contribution in [3.05, 3.63) is 44.9 Å². The Morgan fingerprint density at radius 1 is 1.19 bits per heavy atom. The molecule has 1 fully saturated rings. The zero-order chi connectivity index (χ0) is 26.7. The van der Waals surface area contributed by atoms with Crippen molar-refractivity contribution in [2.75, 3.05) is 33.0 Å². The summed E-state index contributed by atoms with van der Waals surface area (Å²) in [6.45, 7) is 1.67. The van der Waals surface area contributed by atoms with E-state index in [4.69, 9.17) is 11.6 Å². The summed E-state index contributed by atoms with van der Waals surface area (Å²) in [4.78, 5) is 47.9. The fourth-order valence-electron chi connectivity index (χ4n) is 4.79. The van der Waals surface area contributed by atoms with E-state index < -0.39 is 24.2 Å². The molecule has 4 N–H and O–H groups in total. The molecule has 37 heavy (non-hydrogen) atoms. The number of aliphatic hydroxyl groups excluding tert-OH is 1. The molecule has 0 saturated heterocycles. The average molecular weight is 549 g/mol. The second kappa shape index (κ2) is 11.9. The average Bonchev–Trinajstić information content (AvgIpc) is 3.29. The Morgan fingerprint density at radius 2 is 1.92 bits per heavy atom. The molecule has 1 saturated carbocycles. The topological polar surface area (TPSA) is 127 Å². The van der Waals surface area contributed by atoms with Crippen molar-refractivity contribution < 1.29 is 19.5 Å². The van der Waals surface area contributed by atoms with Crippen LogP contribution in [0.2, 0.25) is 5.02 Å². The molecule has 4 rings (SSSR count). The number of nitrogens with zero attached hydrogens (tertiary/aromatic N) is 3. The van der Waals surface area contributed by atoms with Crippen molar-refractivity contribution >= 4 is 46.3 Å². The molecular weight excluding hydrogens is 516 g/mol. The van der Waals surface area contributed by atoms with Crippen molar-refractivity contribution in [1.29, 1.82) is 0 Å². The van der Waals surface area contributed by atoms with Crippen LogP contribution < -0.4 is 16.0 Å². The minimum atomic E-state index is -1.51. The number of thiazole rings is 1. The van der Waals surface area contributed by atoms with Crippen LogP contribution in [0.25, 0.3) is 0 Å². The molecule has 0 radical (unpaired) electrons. The van der Waals surface area contributed by atoms with Gasteiger partial charge in [-0.05, 0) is 50.6 Å². The Bertz CT molecular complexity index is 1140. The van der Waals surface area contributed by atoms with Crippen molar-refractivity contribution in [3.63, 3.8) is 0 Å². The number of fused-ring (bicyclic) bond motifs is 1. The zero-order valence-electron chi connectivity index (χ0n) is 21.2. The molecule has 1 aliphatic carbocycles. The molecular formula is C25H33ClN6O4S. The summed E-state index contributed by atoms with van der Waals surface area (Å²) in [6, 6.07) is 5.66. The van der Waals surface area contributed by atoms with E-state index in [1.54, 1.807) is 43.3 Å². The Hall–Kier alpha value is -2.57. The van der Waals surface area contributed by atoms with Gasteiger partial charge >= 0.3 is 0 Å². The highest BCUT2D eigenvalue weighted by Crippen LogP contribution is 2.28. The van der Waals surface area contributed by atoms with Gasteiger partial charge in [0.05, 0.1) is 5.69 Å². The first-order valence-electron chi connectivity index (χ1n) is 12.3. The van der Waals surface area contributed by atoms with Crippen LogP contribution in [0.4, 0.5) is 5.69 Å². The summed E-state index contributed by atoms with van der Waals surface area (Å²) in [7, 11) is 5.46. The molecule has 2 heterocycles. The van der Waals surface area contributed by atoms with E-state index in [0.717, 1.165) is 30.1 Å². The quantitative estimate of drug-likeness (QED) is 0.388. The highest BCUT2D eigenvalue weighted by Gasteiger charge is 2.37. The van der Waals surface area contributed by atoms with Gasteiger partial charge in [-0.1, -0.05) is 11.6 Å². The Morgan fingerprint density at radius 3 is 2.62 bits per heavy atom. The fraction of sp³-hybridized carbons (Fsp3) is 0.520. The zero-order valence-corrected chi connectivity index (χ0v) is 22.7. The molecule has 2 aliphatic rings. The van der Waals surface area contributed by atoms with Gasteiger partial charge in [-0.2, -0.15) is 0 Å². The fourth-order valence-corrected chi connectivity index (χ4v) is 6.01. The maximum Gasteiger partial charge on any atom is 0.280 e. The second-order valence-electron chi connectivity index (χ2n) is 9.87. The number of anilines is 1. The summed E-state index contributed by atoms with van der Waals surface area (Å²) in [5.74, 6) is -1.21. The minimum Gasteiger partial charge on any atom is -0.370 e. The largest absolute Gasteiger partial charge is 0.370 e. The number of hydrogen-bond donors (Lipinski definition) is 4. The van der Waals surface area contributed by atoms with E-state index in [1.165, 1.54) is 11.3 Å². The van der Waals surface area contributed by atoms with Gasteiger partial charge in [-0.3, -0.25) is 19.7 Å². The first-order valence-corrected chi connectivity index (χ1v) is 13.5. The SMILES string of the molecule is CN1CCc2nc(C(=O)N[C@@H]3C[C@@H](C(=O)N(C)C)CC[C@@H]3NC(O)C(=O)Nc3ccc(Cl)cc3)sc2C1. The molecule has 1 unspecified atom stereocenters. The number of hydrogen-bond acceptors (Lipinski definition) is 8. The number of aliphatic hydroxyl groups is 1. The minimum absolute atomic E-state index is 0.00789. The highest BCUT2D eigenvalue weighted by atomic mass is 35.5. The van der Waals surface area contributed by atoms with E-state index >= 15 is 0 Å². The van der Waals surface area contributed by atoms with Crippen LogP contribution in [0.1, 0.15) is 39.6 Å². The molecule has 4 atom stereocenters. The van der Waals surface area contributed by atoms with Crippen LogP contribution in [0, 0.1) is 5.92 Å². The molecule has 1 aromatic heterocycles. The van der Waals surface area contributed by atoms with Crippen LogP contribution in [0.15, 0.2) is 24.3 Å². The highest BCUT2D eigenvalue weighted by molar-refractivity contribution is 7.13. The Labute approximate surface area is 225 Å². The van der Waals surface area contributed by atoms with Gasteiger partial charge < -0.3 is 25.5 Å². The number of benzene rings is 1. The lowest BCUT2D eigenvalue weighted by molar-refractivity contribution is -0.135. The lowest BCUT2D eigenvalue weighted by Gasteiger charge is -2.38. The van der Waals surface area contributed by atoms with Crippen molar-refractivity contribution in [2.24, 2.45) is 5.92 Å². The number of likely N-dealkylation sites (N-methyl/N-ethyl adjacent to an activating group) is 1. The van der Waals surface area contributed by atoms with E-state index in [2.05, 4.69) is 25.8 Å². The third-order valence-corrected chi connectivity index (χ3v) is 8.14. The molecule has 3 amide bonds. The van der Waals surface area contributed by atoms with E-state index in [1.807, 2.05) is 7.05 Å². The number of nitrogens with one attached hydrogen (secondary N) is 3. The predicted molar refractivity (Wildman–Crippen MR) is 142 cm³/mol. The first-order chi connectivity index (χ1) is 17.6. The normalized spacial score (nSPS) is 22.6. The van der Waals surface area contributed by atoms with Crippen LogP contribution in [-0.4, -0.2) is 83.6 Å². The third-order valence-electron chi connectivity index (χ3n) is 6.81. The smallest absolute Gasteiger partial charge is 0.280 e. The standard InChI is InChI=1S/C25H33ClN6O4S/c1-31(2)25(36)14-4-9-17(28-22(34)21(33)27-16-7-5-15(26)6-8-16)19(12-14)29-23(35)24-30-18-10-11-32(3)13-20(18)37-24/h5-8,14,17,19,22,28,34H,4,9-13H2,1-3H3,(H,27,33)(H,29,35)/t14-,17-,19+,22?/m0/s1. The van der Waals surface area contributed by atoms with E-state index in [0.29, 0.717) is 35.0 Å². The molecule has 1 aliphatic heterocycles. The lowest BCUT2D eigenvalue weighted by Crippen LogP contribution is -2.58. The lowest BCUT2D eigenvalue weighted by atomic mass is 9.81. The van der Waals surface area contributed by atoms with Gasteiger partial charge in [-0.15, -0.1) is 11.3 Å². The summed E-state index contributed by atoms with van der Waals surface area (Å²) >= 11 is 7.28. The summed E-state index contributed by atoms with van der Waals surface area (Å²) in [6.07, 6.45) is 0.755. The van der Waals surface area contributed by atoms with Gasteiger partial charge in [0.25, 0.3) is 11.8 Å². The van der Waals surface area contributed by atoms with Gasteiger partial charge in [-0.25, -0.2) is 4.98 Å². The number of aromatic nitrogens is 1. The predicted octanol–water partition coefficient (Wildman–Crippen LogP) is 1.69. The van der Waals surface area contributed by atoms with E-state index in [9.17, 15) is 19.5 Å². The van der Waals surface area contributed by atoms with Crippen LogP contribution in [0.5, 0.6) is 0 Å². The van der Waals surface area contributed by atoms with Crippen LogP contribution >= 0.6 is 22.9 Å².